The standard InChI is InChI=1S/C18H14N2O3S/c21-18(15-11-24-17-10-19-12-20(15)17)23-9-8-22-16-7-3-5-13-4-1-2-6-14(13)16/h1-7,10-12H,8-9H2. The molecule has 2 heterocycles. The Morgan fingerprint density at radius 2 is 2.00 bits per heavy atom. The molecule has 0 aliphatic carbocycles. The van der Waals surface area contributed by atoms with Crippen LogP contribution in [0.15, 0.2) is 60.4 Å². The van der Waals surface area contributed by atoms with E-state index in [0.717, 1.165) is 21.4 Å². The molecule has 0 aliphatic rings. The number of ether oxygens (including phenoxy) is 2. The third-order valence-corrected chi connectivity index (χ3v) is 4.57. The second kappa shape index (κ2) is 6.33. The van der Waals surface area contributed by atoms with Crippen LogP contribution in [0.5, 0.6) is 5.75 Å². The summed E-state index contributed by atoms with van der Waals surface area (Å²) in [5.74, 6) is 0.414. The molecule has 4 aromatic rings. The summed E-state index contributed by atoms with van der Waals surface area (Å²) in [5, 5.41) is 3.93. The molecular formula is C18H14N2O3S. The molecule has 0 amide bonds. The van der Waals surface area contributed by atoms with Gasteiger partial charge < -0.3 is 9.47 Å². The van der Waals surface area contributed by atoms with E-state index in [-0.39, 0.29) is 12.6 Å². The average molecular weight is 338 g/mol. The van der Waals surface area contributed by atoms with Crippen molar-refractivity contribution in [3.05, 3.63) is 66.1 Å². The van der Waals surface area contributed by atoms with E-state index in [4.69, 9.17) is 9.47 Å². The molecule has 2 aromatic heterocycles. The van der Waals surface area contributed by atoms with Gasteiger partial charge >= 0.3 is 5.97 Å². The van der Waals surface area contributed by atoms with Crippen molar-refractivity contribution in [3.63, 3.8) is 0 Å². The number of esters is 1. The highest BCUT2D eigenvalue weighted by atomic mass is 32.1. The van der Waals surface area contributed by atoms with Gasteiger partial charge in [-0.25, -0.2) is 9.78 Å². The minimum Gasteiger partial charge on any atom is -0.489 e. The maximum absolute atomic E-state index is 12.1. The third kappa shape index (κ3) is 2.72. The van der Waals surface area contributed by atoms with Crippen LogP contribution in [-0.4, -0.2) is 28.6 Å². The van der Waals surface area contributed by atoms with Crippen LogP contribution in [0.25, 0.3) is 15.6 Å². The highest BCUT2D eigenvalue weighted by Crippen LogP contribution is 2.25. The third-order valence-electron chi connectivity index (χ3n) is 3.69. The summed E-state index contributed by atoms with van der Waals surface area (Å²) in [6, 6.07) is 13.9. The van der Waals surface area contributed by atoms with Crippen LogP contribution in [0.2, 0.25) is 0 Å². The van der Waals surface area contributed by atoms with Crippen LogP contribution in [0.3, 0.4) is 0 Å². The molecule has 0 bridgehead atoms. The van der Waals surface area contributed by atoms with Crippen LogP contribution in [-0.2, 0) is 4.74 Å². The molecular weight excluding hydrogens is 324 g/mol. The number of benzene rings is 2. The molecule has 0 fully saturated rings. The first kappa shape index (κ1) is 14.7. The molecule has 0 N–H and O–H groups in total. The minimum atomic E-state index is -0.374. The first-order valence-corrected chi connectivity index (χ1v) is 8.38. The van der Waals surface area contributed by atoms with E-state index in [1.165, 1.54) is 11.3 Å². The monoisotopic (exact) mass is 338 g/mol. The molecule has 24 heavy (non-hydrogen) atoms. The van der Waals surface area contributed by atoms with Crippen LogP contribution in [0.4, 0.5) is 0 Å². The van der Waals surface area contributed by atoms with Crippen molar-refractivity contribution >= 4 is 32.9 Å². The van der Waals surface area contributed by atoms with Gasteiger partial charge in [-0.2, -0.15) is 0 Å². The van der Waals surface area contributed by atoms with Crippen LogP contribution in [0, 0.1) is 0 Å². The largest absolute Gasteiger partial charge is 0.489 e. The fourth-order valence-corrected chi connectivity index (χ4v) is 3.37. The van der Waals surface area contributed by atoms with Gasteiger partial charge in [0.15, 0.2) is 0 Å². The molecule has 2 aromatic carbocycles. The Bertz CT molecular complexity index is 1000. The fraction of sp³-hybridized carbons (Fsp3) is 0.111. The van der Waals surface area contributed by atoms with Crippen molar-refractivity contribution in [2.45, 2.75) is 0 Å². The zero-order chi connectivity index (χ0) is 16.4. The molecule has 5 nitrogen and oxygen atoms in total. The van der Waals surface area contributed by atoms with Gasteiger partial charge in [0.05, 0.1) is 6.20 Å². The lowest BCUT2D eigenvalue weighted by atomic mass is 10.1. The summed E-state index contributed by atoms with van der Waals surface area (Å²) in [6.07, 6.45) is 3.32. The van der Waals surface area contributed by atoms with E-state index in [9.17, 15) is 4.79 Å². The lowest BCUT2D eigenvalue weighted by molar-refractivity contribution is 0.0443. The molecule has 0 saturated carbocycles. The highest BCUT2D eigenvalue weighted by Gasteiger charge is 2.13. The molecule has 4 rings (SSSR count). The van der Waals surface area contributed by atoms with E-state index in [1.54, 1.807) is 22.3 Å². The lowest BCUT2D eigenvalue weighted by Crippen LogP contribution is -2.13. The topological polar surface area (TPSA) is 52.8 Å². The van der Waals surface area contributed by atoms with Gasteiger partial charge in [0.1, 0.15) is 35.8 Å². The lowest BCUT2D eigenvalue weighted by Gasteiger charge is -2.09. The number of hydrogen-bond donors (Lipinski definition) is 0. The number of nitrogens with zero attached hydrogens (tertiary/aromatic N) is 2. The molecule has 0 radical (unpaired) electrons. The van der Waals surface area contributed by atoms with E-state index in [0.29, 0.717) is 12.3 Å². The van der Waals surface area contributed by atoms with Crippen molar-refractivity contribution in [2.75, 3.05) is 13.2 Å². The first-order chi connectivity index (χ1) is 11.8. The van der Waals surface area contributed by atoms with Gasteiger partial charge in [0.25, 0.3) is 0 Å². The maximum Gasteiger partial charge on any atom is 0.356 e. The summed E-state index contributed by atoms with van der Waals surface area (Å²) < 4.78 is 12.8. The second-order valence-corrected chi connectivity index (χ2v) is 6.07. The quantitative estimate of drug-likeness (QED) is 0.410. The number of aromatic nitrogens is 2. The van der Waals surface area contributed by atoms with Crippen molar-refractivity contribution < 1.29 is 14.3 Å². The Hall–Kier alpha value is -2.86. The van der Waals surface area contributed by atoms with E-state index < -0.39 is 0 Å². The van der Waals surface area contributed by atoms with Gasteiger partial charge in [-0.15, -0.1) is 11.3 Å². The number of imidazole rings is 1. The summed E-state index contributed by atoms with van der Waals surface area (Å²) in [4.78, 5) is 17.0. The van der Waals surface area contributed by atoms with E-state index >= 15 is 0 Å². The molecule has 120 valence electrons. The number of carbonyl (C=O) groups excluding carboxylic acids is 1. The molecule has 0 aliphatic heterocycles. The number of rotatable bonds is 5. The smallest absolute Gasteiger partial charge is 0.356 e. The Morgan fingerprint density at radius 3 is 2.96 bits per heavy atom. The maximum atomic E-state index is 12.1. The Labute approximate surface area is 142 Å². The van der Waals surface area contributed by atoms with Crippen molar-refractivity contribution in [2.24, 2.45) is 0 Å². The van der Waals surface area contributed by atoms with Gasteiger partial charge in [-0.05, 0) is 11.5 Å². The van der Waals surface area contributed by atoms with Gasteiger partial charge in [0.2, 0.25) is 0 Å². The van der Waals surface area contributed by atoms with Crippen LogP contribution >= 0.6 is 11.3 Å². The number of fused-ring (bicyclic) bond motifs is 2. The highest BCUT2D eigenvalue weighted by molar-refractivity contribution is 7.15. The van der Waals surface area contributed by atoms with Crippen LogP contribution < -0.4 is 4.74 Å². The summed E-state index contributed by atoms with van der Waals surface area (Å²) in [7, 11) is 0. The molecule has 0 unspecified atom stereocenters. The first-order valence-electron chi connectivity index (χ1n) is 7.50. The van der Waals surface area contributed by atoms with Crippen LogP contribution in [0.1, 0.15) is 10.5 Å². The van der Waals surface area contributed by atoms with Crippen molar-refractivity contribution in [1.82, 2.24) is 9.38 Å². The fourth-order valence-electron chi connectivity index (χ4n) is 2.55. The van der Waals surface area contributed by atoms with E-state index in [2.05, 4.69) is 4.98 Å². The van der Waals surface area contributed by atoms with Gasteiger partial charge in [-0.3, -0.25) is 4.40 Å². The molecule has 0 saturated heterocycles. The zero-order valence-electron chi connectivity index (χ0n) is 12.7. The average Bonchev–Trinajstić information content (AvgIpc) is 3.22. The molecule has 0 atom stereocenters. The molecule has 0 spiro atoms. The normalized spacial score (nSPS) is 11.0. The Balaban J connectivity index is 1.37. The van der Waals surface area contributed by atoms with Crippen molar-refractivity contribution in [3.8, 4) is 5.75 Å². The SMILES string of the molecule is O=C(OCCOc1cccc2ccccc12)c1csc2cncn12. The minimum absolute atomic E-state index is 0.189. The predicted molar refractivity (Wildman–Crippen MR) is 92.8 cm³/mol. The molecule has 6 heteroatoms. The number of carbonyl (C=O) groups is 1. The zero-order valence-corrected chi connectivity index (χ0v) is 13.5. The Morgan fingerprint density at radius 1 is 1.12 bits per heavy atom. The second-order valence-electron chi connectivity index (χ2n) is 5.18. The van der Waals surface area contributed by atoms with E-state index in [1.807, 2.05) is 42.5 Å². The number of thiazole rings is 1. The van der Waals surface area contributed by atoms with Gasteiger partial charge in [0, 0.05) is 10.8 Å². The summed E-state index contributed by atoms with van der Waals surface area (Å²) >= 11 is 1.45. The van der Waals surface area contributed by atoms with Gasteiger partial charge in [-0.1, -0.05) is 36.4 Å². The summed E-state index contributed by atoms with van der Waals surface area (Å²) in [5.41, 5.74) is 0.484. The van der Waals surface area contributed by atoms with Crippen molar-refractivity contribution in [1.29, 1.82) is 0 Å². The Kier molecular flexibility index (Phi) is 3.88. The number of hydrogen-bond acceptors (Lipinski definition) is 5. The summed E-state index contributed by atoms with van der Waals surface area (Å²) in [6.45, 7) is 0.491. The predicted octanol–water partition coefficient (Wildman–Crippen LogP) is 3.78.